The van der Waals surface area contributed by atoms with E-state index in [0.717, 1.165) is 69.6 Å². The Morgan fingerprint density at radius 1 is 1.14 bits per heavy atom. The Morgan fingerprint density at radius 3 is 2.57 bits per heavy atom. The molecule has 0 radical (unpaired) electrons. The molecule has 0 saturated carbocycles. The van der Waals surface area contributed by atoms with Gasteiger partial charge >= 0.3 is 0 Å². The van der Waals surface area contributed by atoms with Crippen LogP contribution in [0.25, 0.3) is 0 Å². The second-order valence-corrected chi connectivity index (χ2v) is 4.98. The summed E-state index contributed by atoms with van der Waals surface area (Å²) in [6.45, 7) is 12.7. The first-order chi connectivity index (χ1) is 10.2. The van der Waals surface area contributed by atoms with Gasteiger partial charge in [0, 0.05) is 38.7 Å². The van der Waals surface area contributed by atoms with E-state index in [2.05, 4.69) is 36.0 Å². The zero-order chi connectivity index (χ0) is 15.5. The summed E-state index contributed by atoms with van der Waals surface area (Å²) >= 11 is 0. The number of nitrogens with one attached hydrogen (secondary N) is 1. The SMILES string of the molecule is CCCNc1cc(N(CC)CCOCC)nc(CCC)n1. The van der Waals surface area contributed by atoms with E-state index in [1.54, 1.807) is 0 Å². The smallest absolute Gasteiger partial charge is 0.134 e. The maximum atomic E-state index is 5.46. The number of hydrogen-bond donors (Lipinski definition) is 1. The fourth-order valence-corrected chi connectivity index (χ4v) is 2.08. The number of aromatic nitrogens is 2. The summed E-state index contributed by atoms with van der Waals surface area (Å²) in [5.41, 5.74) is 0. The third-order valence-corrected chi connectivity index (χ3v) is 3.20. The van der Waals surface area contributed by atoms with Crippen LogP contribution in [0.3, 0.4) is 0 Å². The van der Waals surface area contributed by atoms with Crippen LogP contribution in [0.5, 0.6) is 0 Å². The zero-order valence-electron chi connectivity index (χ0n) is 14.0. The average molecular weight is 294 g/mol. The van der Waals surface area contributed by atoms with E-state index in [1.807, 2.05) is 13.0 Å². The van der Waals surface area contributed by atoms with Crippen molar-refractivity contribution in [3.63, 3.8) is 0 Å². The first kappa shape index (κ1) is 17.7. The maximum absolute atomic E-state index is 5.46. The Kier molecular flexibility index (Phi) is 8.74. The van der Waals surface area contributed by atoms with Gasteiger partial charge in [-0.25, -0.2) is 9.97 Å². The minimum atomic E-state index is 0.731. The molecule has 0 saturated heterocycles. The highest BCUT2D eigenvalue weighted by Gasteiger charge is 2.10. The van der Waals surface area contributed by atoms with Gasteiger partial charge in [0.05, 0.1) is 6.61 Å². The molecule has 1 N–H and O–H groups in total. The average Bonchev–Trinajstić information content (AvgIpc) is 2.50. The molecule has 0 atom stereocenters. The molecule has 1 heterocycles. The molecular weight excluding hydrogens is 264 g/mol. The first-order valence-electron chi connectivity index (χ1n) is 8.19. The molecule has 0 bridgehead atoms. The summed E-state index contributed by atoms with van der Waals surface area (Å²) in [7, 11) is 0. The van der Waals surface area contributed by atoms with Crippen LogP contribution in [0.15, 0.2) is 6.07 Å². The van der Waals surface area contributed by atoms with Gasteiger partial charge in [-0.3, -0.25) is 0 Å². The molecule has 21 heavy (non-hydrogen) atoms. The Morgan fingerprint density at radius 2 is 1.95 bits per heavy atom. The van der Waals surface area contributed by atoms with Crippen molar-refractivity contribution < 1.29 is 4.74 Å². The zero-order valence-corrected chi connectivity index (χ0v) is 14.0. The molecule has 1 aromatic rings. The van der Waals surface area contributed by atoms with Crippen molar-refractivity contribution in [2.75, 3.05) is 43.1 Å². The first-order valence-corrected chi connectivity index (χ1v) is 8.19. The third kappa shape index (κ3) is 6.29. The van der Waals surface area contributed by atoms with E-state index in [9.17, 15) is 0 Å². The highest BCUT2D eigenvalue weighted by atomic mass is 16.5. The van der Waals surface area contributed by atoms with Crippen molar-refractivity contribution in [3.8, 4) is 0 Å². The Labute approximate surface area is 129 Å². The van der Waals surface area contributed by atoms with Gasteiger partial charge in [-0.2, -0.15) is 0 Å². The molecule has 0 fully saturated rings. The lowest BCUT2D eigenvalue weighted by molar-refractivity contribution is 0.154. The number of nitrogens with zero attached hydrogens (tertiary/aromatic N) is 3. The molecule has 0 aliphatic heterocycles. The fourth-order valence-electron chi connectivity index (χ4n) is 2.08. The van der Waals surface area contributed by atoms with Crippen LogP contribution in [-0.4, -0.2) is 42.8 Å². The van der Waals surface area contributed by atoms with E-state index >= 15 is 0 Å². The van der Waals surface area contributed by atoms with Crippen LogP contribution >= 0.6 is 0 Å². The van der Waals surface area contributed by atoms with E-state index in [0.29, 0.717) is 0 Å². The van der Waals surface area contributed by atoms with Gasteiger partial charge in [0.15, 0.2) is 0 Å². The lowest BCUT2D eigenvalue weighted by Crippen LogP contribution is -2.28. The number of hydrogen-bond acceptors (Lipinski definition) is 5. The fraction of sp³-hybridized carbons (Fsp3) is 0.750. The van der Waals surface area contributed by atoms with Gasteiger partial charge in [0.25, 0.3) is 0 Å². The summed E-state index contributed by atoms with van der Waals surface area (Å²) in [6.07, 6.45) is 3.06. The molecule has 0 aromatic carbocycles. The Bertz CT molecular complexity index is 398. The highest BCUT2D eigenvalue weighted by Crippen LogP contribution is 2.17. The summed E-state index contributed by atoms with van der Waals surface area (Å²) in [6, 6.07) is 2.05. The summed E-state index contributed by atoms with van der Waals surface area (Å²) in [4.78, 5) is 11.5. The highest BCUT2D eigenvalue weighted by molar-refractivity contribution is 5.49. The van der Waals surface area contributed by atoms with Crippen LogP contribution in [0.4, 0.5) is 11.6 Å². The van der Waals surface area contributed by atoms with E-state index in [-0.39, 0.29) is 0 Å². The minimum Gasteiger partial charge on any atom is -0.380 e. The van der Waals surface area contributed by atoms with Crippen LogP contribution < -0.4 is 10.2 Å². The quantitative estimate of drug-likeness (QED) is 0.636. The number of likely N-dealkylation sites (N-methyl/N-ethyl adjacent to an activating group) is 1. The van der Waals surface area contributed by atoms with E-state index in [4.69, 9.17) is 9.72 Å². The molecule has 0 amide bonds. The van der Waals surface area contributed by atoms with Crippen molar-refractivity contribution >= 4 is 11.6 Å². The summed E-state index contributed by atoms with van der Waals surface area (Å²) in [5.74, 6) is 2.85. The van der Waals surface area contributed by atoms with Gasteiger partial charge in [0.2, 0.25) is 0 Å². The van der Waals surface area contributed by atoms with Gasteiger partial charge in [-0.1, -0.05) is 13.8 Å². The molecule has 0 aliphatic rings. The normalized spacial score (nSPS) is 10.7. The second kappa shape index (κ2) is 10.4. The van der Waals surface area contributed by atoms with E-state index < -0.39 is 0 Å². The molecule has 0 spiro atoms. The van der Waals surface area contributed by atoms with Gasteiger partial charge < -0.3 is 15.0 Å². The van der Waals surface area contributed by atoms with Gasteiger partial charge in [-0.15, -0.1) is 0 Å². The maximum Gasteiger partial charge on any atom is 0.134 e. The largest absolute Gasteiger partial charge is 0.380 e. The number of anilines is 2. The predicted molar refractivity (Wildman–Crippen MR) is 89.2 cm³/mol. The topological polar surface area (TPSA) is 50.3 Å². The van der Waals surface area contributed by atoms with Crippen molar-refractivity contribution in [3.05, 3.63) is 11.9 Å². The van der Waals surface area contributed by atoms with Crippen molar-refractivity contribution in [1.29, 1.82) is 0 Å². The summed E-state index contributed by atoms with van der Waals surface area (Å²) < 4.78 is 5.46. The van der Waals surface area contributed by atoms with Crippen LogP contribution in [0, 0.1) is 0 Å². The minimum absolute atomic E-state index is 0.731. The molecule has 0 unspecified atom stereocenters. The monoisotopic (exact) mass is 294 g/mol. The van der Waals surface area contributed by atoms with Crippen molar-refractivity contribution in [1.82, 2.24) is 9.97 Å². The second-order valence-electron chi connectivity index (χ2n) is 4.98. The molecule has 1 rings (SSSR count). The van der Waals surface area contributed by atoms with Gasteiger partial charge in [0.1, 0.15) is 17.5 Å². The number of aryl methyl sites for hydroxylation is 1. The number of rotatable bonds is 11. The van der Waals surface area contributed by atoms with E-state index in [1.165, 1.54) is 0 Å². The molecule has 5 nitrogen and oxygen atoms in total. The lowest BCUT2D eigenvalue weighted by Gasteiger charge is -2.23. The molecule has 1 aromatic heterocycles. The standard InChI is InChI=1S/C16H30N4O/c1-5-9-14-18-15(17-10-6-2)13-16(19-14)20(7-3)11-12-21-8-4/h13H,5-12H2,1-4H3,(H,17,18,19). The summed E-state index contributed by atoms with van der Waals surface area (Å²) in [5, 5.41) is 3.37. The molecule has 120 valence electrons. The van der Waals surface area contributed by atoms with Gasteiger partial charge in [-0.05, 0) is 26.7 Å². The molecule has 0 aliphatic carbocycles. The predicted octanol–water partition coefficient (Wildman–Crippen LogP) is 3.11. The van der Waals surface area contributed by atoms with Crippen LogP contribution in [-0.2, 0) is 11.2 Å². The Balaban J connectivity index is 2.87. The molecular formula is C16H30N4O. The number of ether oxygens (including phenoxy) is 1. The lowest BCUT2D eigenvalue weighted by atomic mass is 10.3. The Hall–Kier alpha value is -1.36. The van der Waals surface area contributed by atoms with Crippen molar-refractivity contribution in [2.45, 2.75) is 47.0 Å². The third-order valence-electron chi connectivity index (χ3n) is 3.20. The van der Waals surface area contributed by atoms with Crippen molar-refractivity contribution in [2.24, 2.45) is 0 Å². The van der Waals surface area contributed by atoms with Crippen LogP contribution in [0.1, 0.15) is 46.4 Å². The van der Waals surface area contributed by atoms with Crippen LogP contribution in [0.2, 0.25) is 0 Å². The molecule has 5 heteroatoms.